The van der Waals surface area contributed by atoms with Crippen molar-refractivity contribution in [1.82, 2.24) is 5.32 Å². The second kappa shape index (κ2) is 11.1. The van der Waals surface area contributed by atoms with Crippen LogP contribution in [0.25, 0.3) is 0 Å². The Bertz CT molecular complexity index is 1170. The van der Waals surface area contributed by atoms with Gasteiger partial charge in [0.15, 0.2) is 0 Å². The SMILES string of the molecule is CC(=O)Nc1ccc(S(=O)(=O)N(CCCNC(=O)Nc2ccccc2)c2ccccc2)cc1. The van der Waals surface area contributed by atoms with Gasteiger partial charge in [-0.25, -0.2) is 13.2 Å². The molecule has 0 aliphatic rings. The number of carbonyl (C=O) groups is 2. The highest BCUT2D eigenvalue weighted by Crippen LogP contribution is 2.24. The van der Waals surface area contributed by atoms with Gasteiger partial charge in [0.2, 0.25) is 5.91 Å². The fourth-order valence-electron chi connectivity index (χ4n) is 3.14. The fourth-order valence-corrected chi connectivity index (χ4v) is 4.65. The Balaban J connectivity index is 1.67. The van der Waals surface area contributed by atoms with Gasteiger partial charge in [0.05, 0.1) is 10.6 Å². The lowest BCUT2D eigenvalue weighted by Gasteiger charge is -2.25. The number of para-hydroxylation sites is 2. The molecule has 9 heteroatoms. The molecule has 33 heavy (non-hydrogen) atoms. The molecule has 3 N–H and O–H groups in total. The molecule has 0 saturated carbocycles. The largest absolute Gasteiger partial charge is 0.338 e. The molecule has 0 saturated heterocycles. The van der Waals surface area contributed by atoms with Crippen molar-refractivity contribution in [1.29, 1.82) is 0 Å². The number of hydrogen-bond donors (Lipinski definition) is 3. The zero-order chi connectivity index (χ0) is 23.7. The van der Waals surface area contributed by atoms with E-state index in [0.29, 0.717) is 30.0 Å². The molecule has 0 heterocycles. The molecule has 0 fully saturated rings. The van der Waals surface area contributed by atoms with Crippen molar-refractivity contribution in [3.05, 3.63) is 84.9 Å². The molecule has 3 amide bonds. The first-order valence-corrected chi connectivity index (χ1v) is 11.9. The van der Waals surface area contributed by atoms with Crippen LogP contribution in [0, 0.1) is 0 Å². The number of benzene rings is 3. The summed E-state index contributed by atoms with van der Waals surface area (Å²) in [7, 11) is -3.86. The maximum absolute atomic E-state index is 13.4. The van der Waals surface area contributed by atoms with Crippen LogP contribution in [-0.4, -0.2) is 33.4 Å². The summed E-state index contributed by atoms with van der Waals surface area (Å²) in [5.41, 5.74) is 1.71. The van der Waals surface area contributed by atoms with Crippen LogP contribution in [0.3, 0.4) is 0 Å². The van der Waals surface area contributed by atoms with E-state index in [1.807, 2.05) is 24.3 Å². The van der Waals surface area contributed by atoms with Crippen molar-refractivity contribution < 1.29 is 18.0 Å². The van der Waals surface area contributed by atoms with Gasteiger partial charge in [-0.15, -0.1) is 0 Å². The van der Waals surface area contributed by atoms with E-state index in [0.717, 1.165) is 0 Å². The Kier molecular flexibility index (Phi) is 8.04. The van der Waals surface area contributed by atoms with Crippen molar-refractivity contribution in [3.8, 4) is 0 Å². The van der Waals surface area contributed by atoms with Crippen molar-refractivity contribution in [2.45, 2.75) is 18.2 Å². The molecular formula is C24H26N4O4S. The summed E-state index contributed by atoms with van der Waals surface area (Å²) in [6.45, 7) is 1.85. The van der Waals surface area contributed by atoms with Gasteiger partial charge in [-0.2, -0.15) is 0 Å². The number of nitrogens with zero attached hydrogens (tertiary/aromatic N) is 1. The van der Waals surface area contributed by atoms with E-state index in [1.54, 1.807) is 48.5 Å². The van der Waals surface area contributed by atoms with E-state index in [4.69, 9.17) is 0 Å². The lowest BCUT2D eigenvalue weighted by Crippen LogP contribution is -2.35. The summed E-state index contributed by atoms with van der Waals surface area (Å²) in [6, 6.07) is 23.5. The zero-order valence-electron chi connectivity index (χ0n) is 18.2. The molecule has 3 rings (SSSR count). The van der Waals surface area contributed by atoms with Crippen molar-refractivity contribution >= 4 is 39.0 Å². The lowest BCUT2D eigenvalue weighted by molar-refractivity contribution is -0.114. The van der Waals surface area contributed by atoms with E-state index in [2.05, 4.69) is 16.0 Å². The van der Waals surface area contributed by atoms with Crippen LogP contribution in [-0.2, 0) is 14.8 Å². The molecule has 0 aliphatic heterocycles. The van der Waals surface area contributed by atoms with E-state index >= 15 is 0 Å². The maximum atomic E-state index is 13.4. The number of carbonyl (C=O) groups excluding carboxylic acids is 2. The number of hydrogen-bond acceptors (Lipinski definition) is 4. The van der Waals surface area contributed by atoms with Crippen LogP contribution < -0.4 is 20.3 Å². The second-order valence-electron chi connectivity index (χ2n) is 7.22. The Hall–Kier alpha value is -3.85. The van der Waals surface area contributed by atoms with Crippen LogP contribution in [0.2, 0.25) is 0 Å². The van der Waals surface area contributed by atoms with Crippen LogP contribution >= 0.6 is 0 Å². The van der Waals surface area contributed by atoms with Gasteiger partial charge in [-0.05, 0) is 55.0 Å². The van der Waals surface area contributed by atoms with Gasteiger partial charge in [0.1, 0.15) is 0 Å². The first-order valence-electron chi connectivity index (χ1n) is 10.4. The maximum Gasteiger partial charge on any atom is 0.319 e. The molecule has 0 spiro atoms. The van der Waals surface area contributed by atoms with Gasteiger partial charge in [0.25, 0.3) is 10.0 Å². The standard InChI is InChI=1S/C24H26N4O4S/c1-19(29)26-21-13-15-23(16-14-21)33(31,32)28(22-11-6-3-7-12-22)18-8-17-25-24(30)27-20-9-4-2-5-10-20/h2-7,9-16H,8,17-18H2,1H3,(H,26,29)(H2,25,27,30). The lowest BCUT2D eigenvalue weighted by atomic mass is 10.3. The summed E-state index contributed by atoms with van der Waals surface area (Å²) in [5, 5.41) is 8.09. The van der Waals surface area contributed by atoms with E-state index < -0.39 is 10.0 Å². The molecule has 0 aromatic heterocycles. The molecular weight excluding hydrogens is 440 g/mol. The Morgan fingerprint density at radius 1 is 0.788 bits per heavy atom. The van der Waals surface area contributed by atoms with Gasteiger partial charge in [-0.1, -0.05) is 36.4 Å². The molecule has 0 bridgehead atoms. The Morgan fingerprint density at radius 3 is 1.97 bits per heavy atom. The Morgan fingerprint density at radius 2 is 1.36 bits per heavy atom. The third-order valence-corrected chi connectivity index (χ3v) is 6.50. The molecule has 0 radical (unpaired) electrons. The van der Waals surface area contributed by atoms with E-state index in [1.165, 1.54) is 23.4 Å². The molecule has 3 aromatic carbocycles. The summed E-state index contributed by atoms with van der Waals surface area (Å²) in [6.07, 6.45) is 0.403. The number of amides is 3. The molecule has 0 unspecified atom stereocenters. The highest BCUT2D eigenvalue weighted by atomic mass is 32.2. The smallest absolute Gasteiger partial charge is 0.319 e. The Labute approximate surface area is 193 Å². The van der Waals surface area contributed by atoms with Crippen LogP contribution in [0.5, 0.6) is 0 Å². The first-order chi connectivity index (χ1) is 15.9. The number of rotatable bonds is 9. The highest BCUT2D eigenvalue weighted by molar-refractivity contribution is 7.92. The van der Waals surface area contributed by atoms with Crippen molar-refractivity contribution in [2.75, 3.05) is 28.0 Å². The summed E-state index contributed by atoms with van der Waals surface area (Å²) >= 11 is 0. The third-order valence-electron chi connectivity index (χ3n) is 4.66. The van der Waals surface area contributed by atoms with Gasteiger partial charge < -0.3 is 16.0 Å². The van der Waals surface area contributed by atoms with Crippen LogP contribution in [0.1, 0.15) is 13.3 Å². The summed E-state index contributed by atoms with van der Waals surface area (Å²) in [4.78, 5) is 23.4. The van der Waals surface area contributed by atoms with Gasteiger partial charge >= 0.3 is 6.03 Å². The number of sulfonamides is 1. The minimum atomic E-state index is -3.86. The fraction of sp³-hybridized carbons (Fsp3) is 0.167. The monoisotopic (exact) mass is 466 g/mol. The van der Waals surface area contributed by atoms with Crippen molar-refractivity contribution in [3.63, 3.8) is 0 Å². The minimum absolute atomic E-state index is 0.107. The number of urea groups is 1. The van der Waals surface area contributed by atoms with E-state index in [9.17, 15) is 18.0 Å². The quantitative estimate of drug-likeness (QED) is 0.414. The zero-order valence-corrected chi connectivity index (χ0v) is 19.0. The molecule has 0 atom stereocenters. The van der Waals surface area contributed by atoms with Gasteiger partial charge in [0, 0.05) is 31.4 Å². The first kappa shape index (κ1) is 23.8. The van der Waals surface area contributed by atoms with Crippen molar-refractivity contribution in [2.24, 2.45) is 0 Å². The minimum Gasteiger partial charge on any atom is -0.338 e. The summed E-state index contributed by atoms with van der Waals surface area (Å²) < 4.78 is 28.1. The number of anilines is 3. The topological polar surface area (TPSA) is 108 Å². The average Bonchev–Trinajstić information content (AvgIpc) is 2.80. The van der Waals surface area contributed by atoms with E-state index in [-0.39, 0.29) is 23.4 Å². The molecule has 3 aromatic rings. The summed E-state index contributed by atoms with van der Waals surface area (Å²) in [5.74, 6) is -0.236. The van der Waals surface area contributed by atoms with Gasteiger partial charge in [-0.3, -0.25) is 9.10 Å². The highest BCUT2D eigenvalue weighted by Gasteiger charge is 2.24. The normalized spacial score (nSPS) is 10.8. The number of nitrogens with one attached hydrogen (secondary N) is 3. The third kappa shape index (κ3) is 6.81. The predicted octanol–water partition coefficient (Wildman–Crippen LogP) is 4.05. The van der Waals surface area contributed by atoms with Crippen LogP contribution in [0.15, 0.2) is 89.8 Å². The molecule has 172 valence electrons. The predicted molar refractivity (Wildman–Crippen MR) is 130 cm³/mol. The second-order valence-corrected chi connectivity index (χ2v) is 9.08. The van der Waals surface area contributed by atoms with Crippen LogP contribution in [0.4, 0.5) is 21.9 Å². The average molecular weight is 467 g/mol. The molecule has 0 aliphatic carbocycles. The molecule has 8 nitrogen and oxygen atoms in total.